The van der Waals surface area contributed by atoms with Gasteiger partial charge in [0.2, 0.25) is 17.8 Å². The first-order valence-electron chi connectivity index (χ1n) is 7.81. The Kier molecular flexibility index (Phi) is 4.92. The van der Waals surface area contributed by atoms with Crippen LogP contribution in [0.1, 0.15) is 11.3 Å². The molecule has 10 heteroatoms. The Morgan fingerprint density at radius 2 is 2.04 bits per heavy atom. The largest absolute Gasteiger partial charge is 0.369 e. The van der Waals surface area contributed by atoms with Gasteiger partial charge < -0.3 is 21.4 Å². The predicted molar refractivity (Wildman–Crippen MR) is 93.9 cm³/mol. The van der Waals surface area contributed by atoms with Crippen LogP contribution in [0.5, 0.6) is 0 Å². The monoisotopic (exact) mass is 355 g/mol. The van der Waals surface area contributed by atoms with E-state index in [0.29, 0.717) is 23.3 Å². The van der Waals surface area contributed by atoms with E-state index in [9.17, 15) is 14.4 Å². The third kappa shape index (κ3) is 4.23. The summed E-state index contributed by atoms with van der Waals surface area (Å²) in [6.07, 6.45) is 3.27. The molecule has 3 aromatic rings. The fourth-order valence-corrected chi connectivity index (χ4v) is 2.37. The van der Waals surface area contributed by atoms with Crippen LogP contribution in [-0.4, -0.2) is 38.3 Å². The number of carbonyl (C=O) groups excluding carboxylic acids is 2. The number of fused-ring (bicyclic) bond motifs is 1. The number of hydrogen-bond donors (Lipinski definition) is 5. The molecule has 134 valence electrons. The number of anilines is 1. The van der Waals surface area contributed by atoms with Crippen molar-refractivity contribution in [3.05, 3.63) is 52.2 Å². The highest BCUT2D eigenvalue weighted by molar-refractivity contribution is 5.86. The Bertz CT molecular complexity index is 994. The van der Waals surface area contributed by atoms with Gasteiger partial charge in [0, 0.05) is 24.6 Å². The van der Waals surface area contributed by atoms with Crippen LogP contribution in [0.3, 0.4) is 0 Å². The second-order valence-corrected chi connectivity index (χ2v) is 5.60. The maximum Gasteiger partial charge on any atom is 0.261 e. The predicted octanol–water partition coefficient (Wildman–Crippen LogP) is -0.796. The maximum atomic E-state index is 12.0. The number of nitrogens with zero attached hydrogens (tertiary/aromatic N) is 2. The van der Waals surface area contributed by atoms with Crippen molar-refractivity contribution in [3.8, 4) is 0 Å². The van der Waals surface area contributed by atoms with Crippen molar-refractivity contribution >= 4 is 28.8 Å². The number of aromatic nitrogens is 4. The standard InChI is InChI=1S/C16H17N7O3/c17-16-22-14-11(15(26)23-16)4-10(21-14)5-12(24)20-8-13(25)19-7-9-2-1-3-18-6-9/h1-4,6H,5,7-8H2,(H,19,25)(H,20,24)(H4,17,21,22,23,26). The van der Waals surface area contributed by atoms with Crippen LogP contribution in [0.25, 0.3) is 11.0 Å². The van der Waals surface area contributed by atoms with Gasteiger partial charge in [-0.2, -0.15) is 4.98 Å². The molecule has 0 unspecified atom stereocenters. The molecule has 3 rings (SSSR count). The van der Waals surface area contributed by atoms with Crippen molar-refractivity contribution in [1.82, 2.24) is 30.6 Å². The van der Waals surface area contributed by atoms with Gasteiger partial charge >= 0.3 is 0 Å². The highest BCUT2D eigenvalue weighted by Gasteiger charge is 2.11. The van der Waals surface area contributed by atoms with E-state index >= 15 is 0 Å². The molecule has 26 heavy (non-hydrogen) atoms. The summed E-state index contributed by atoms with van der Waals surface area (Å²) < 4.78 is 0. The lowest BCUT2D eigenvalue weighted by molar-refractivity contribution is -0.125. The van der Waals surface area contributed by atoms with E-state index < -0.39 is 0 Å². The molecule has 2 amide bonds. The van der Waals surface area contributed by atoms with E-state index in [-0.39, 0.29) is 36.3 Å². The molecule has 0 bridgehead atoms. The molecule has 0 fully saturated rings. The van der Waals surface area contributed by atoms with Crippen molar-refractivity contribution in [2.45, 2.75) is 13.0 Å². The molecule has 10 nitrogen and oxygen atoms in total. The summed E-state index contributed by atoms with van der Waals surface area (Å²) in [7, 11) is 0. The minimum atomic E-state index is -0.384. The molecule has 0 radical (unpaired) electrons. The van der Waals surface area contributed by atoms with Gasteiger partial charge in [-0.25, -0.2) is 0 Å². The van der Waals surface area contributed by atoms with Crippen molar-refractivity contribution in [2.75, 3.05) is 12.3 Å². The van der Waals surface area contributed by atoms with Gasteiger partial charge in [-0.05, 0) is 17.7 Å². The zero-order valence-electron chi connectivity index (χ0n) is 13.7. The third-order valence-electron chi connectivity index (χ3n) is 3.58. The number of rotatable bonds is 6. The minimum absolute atomic E-state index is 0.00867. The summed E-state index contributed by atoms with van der Waals surface area (Å²) in [5, 5.41) is 5.52. The molecule has 3 heterocycles. The van der Waals surface area contributed by atoms with Gasteiger partial charge in [-0.3, -0.25) is 24.4 Å². The molecular weight excluding hydrogens is 338 g/mol. The van der Waals surface area contributed by atoms with E-state index in [2.05, 4.69) is 30.6 Å². The van der Waals surface area contributed by atoms with Gasteiger partial charge in [-0.15, -0.1) is 0 Å². The van der Waals surface area contributed by atoms with Crippen molar-refractivity contribution in [1.29, 1.82) is 0 Å². The van der Waals surface area contributed by atoms with E-state index in [1.807, 2.05) is 6.07 Å². The Morgan fingerprint density at radius 3 is 2.81 bits per heavy atom. The number of amides is 2. The van der Waals surface area contributed by atoms with Crippen LogP contribution < -0.4 is 21.9 Å². The topological polar surface area (TPSA) is 159 Å². The SMILES string of the molecule is Nc1nc2[nH]c(CC(=O)NCC(=O)NCc3cccnc3)cc2c(=O)[nH]1. The summed E-state index contributed by atoms with van der Waals surface area (Å²) in [4.78, 5) is 48.6. The fraction of sp³-hybridized carbons (Fsp3) is 0.188. The smallest absolute Gasteiger partial charge is 0.261 e. The van der Waals surface area contributed by atoms with Crippen LogP contribution >= 0.6 is 0 Å². The van der Waals surface area contributed by atoms with Crippen molar-refractivity contribution in [3.63, 3.8) is 0 Å². The molecule has 0 aromatic carbocycles. The molecule has 0 aliphatic heterocycles. The molecule has 0 atom stereocenters. The van der Waals surface area contributed by atoms with Crippen LogP contribution in [0.4, 0.5) is 5.95 Å². The second-order valence-electron chi connectivity index (χ2n) is 5.60. The average molecular weight is 355 g/mol. The summed E-state index contributed by atoms with van der Waals surface area (Å²) in [6, 6.07) is 5.14. The van der Waals surface area contributed by atoms with E-state index in [0.717, 1.165) is 5.56 Å². The van der Waals surface area contributed by atoms with Gasteiger partial charge in [0.25, 0.3) is 5.56 Å². The van der Waals surface area contributed by atoms with E-state index in [4.69, 9.17) is 5.73 Å². The van der Waals surface area contributed by atoms with Crippen molar-refractivity contribution in [2.24, 2.45) is 0 Å². The van der Waals surface area contributed by atoms with Crippen LogP contribution in [0.2, 0.25) is 0 Å². The average Bonchev–Trinajstić information content (AvgIpc) is 3.01. The van der Waals surface area contributed by atoms with Crippen LogP contribution in [0.15, 0.2) is 35.4 Å². The Hall–Kier alpha value is -3.69. The molecule has 3 aromatic heterocycles. The number of nitrogens with two attached hydrogens (primary N) is 1. The Morgan fingerprint density at radius 1 is 1.19 bits per heavy atom. The Balaban J connectivity index is 1.50. The highest BCUT2D eigenvalue weighted by Crippen LogP contribution is 2.09. The summed E-state index contributed by atoms with van der Waals surface area (Å²) in [5.74, 6) is -0.687. The molecule has 0 aliphatic carbocycles. The second kappa shape index (κ2) is 7.47. The number of aromatic amines is 2. The number of hydrogen-bond acceptors (Lipinski definition) is 6. The fourth-order valence-electron chi connectivity index (χ4n) is 2.37. The zero-order valence-corrected chi connectivity index (χ0v) is 13.7. The van der Waals surface area contributed by atoms with Gasteiger partial charge in [-0.1, -0.05) is 6.07 Å². The first-order chi connectivity index (χ1) is 12.5. The summed E-state index contributed by atoms with van der Waals surface area (Å²) >= 11 is 0. The van der Waals surface area contributed by atoms with Gasteiger partial charge in [0.15, 0.2) is 0 Å². The lowest BCUT2D eigenvalue weighted by atomic mass is 10.2. The number of H-pyrrole nitrogens is 2. The number of nitrogens with one attached hydrogen (secondary N) is 4. The van der Waals surface area contributed by atoms with Gasteiger partial charge in [0.05, 0.1) is 18.4 Å². The summed E-state index contributed by atoms with van der Waals surface area (Å²) in [6.45, 7) is 0.186. The van der Waals surface area contributed by atoms with Crippen LogP contribution in [0, 0.1) is 0 Å². The molecule has 0 spiro atoms. The first kappa shape index (κ1) is 17.1. The molecule has 0 saturated carbocycles. The molecule has 0 aliphatic rings. The highest BCUT2D eigenvalue weighted by atomic mass is 16.2. The van der Waals surface area contributed by atoms with E-state index in [1.54, 1.807) is 18.5 Å². The number of pyridine rings is 1. The zero-order chi connectivity index (χ0) is 18.5. The van der Waals surface area contributed by atoms with E-state index in [1.165, 1.54) is 6.07 Å². The third-order valence-corrected chi connectivity index (χ3v) is 3.58. The molecule has 6 N–H and O–H groups in total. The lowest BCUT2D eigenvalue weighted by Crippen LogP contribution is -2.37. The van der Waals surface area contributed by atoms with Crippen molar-refractivity contribution < 1.29 is 9.59 Å². The minimum Gasteiger partial charge on any atom is -0.369 e. The maximum absolute atomic E-state index is 12.0. The first-order valence-corrected chi connectivity index (χ1v) is 7.81. The number of nitrogen functional groups attached to an aromatic ring is 1. The quantitative estimate of drug-likeness (QED) is 0.389. The number of carbonyl (C=O) groups is 2. The summed E-state index contributed by atoms with van der Waals surface area (Å²) in [5.41, 5.74) is 6.76. The molecule has 0 saturated heterocycles. The van der Waals surface area contributed by atoms with Gasteiger partial charge in [0.1, 0.15) is 5.65 Å². The normalized spacial score (nSPS) is 10.6. The Labute approximate surface area is 147 Å². The molecular formula is C16H17N7O3. The lowest BCUT2D eigenvalue weighted by Gasteiger charge is -2.06. The van der Waals surface area contributed by atoms with Crippen LogP contribution in [-0.2, 0) is 22.6 Å².